The minimum atomic E-state index is 0.166. The normalized spacial score (nSPS) is 17.5. The fourth-order valence-corrected chi connectivity index (χ4v) is 3.60. The zero-order valence-electron chi connectivity index (χ0n) is 17.9. The van der Waals surface area contributed by atoms with Gasteiger partial charge in [0, 0.05) is 31.4 Å². The molecule has 2 fully saturated rings. The number of hydrogen-bond donors (Lipinski definition) is 1. The lowest BCUT2D eigenvalue weighted by Gasteiger charge is -2.18. The molecule has 1 aliphatic carbocycles. The summed E-state index contributed by atoms with van der Waals surface area (Å²) in [4.78, 5) is 13.3. The van der Waals surface area contributed by atoms with E-state index in [2.05, 4.69) is 30.3 Å². The van der Waals surface area contributed by atoms with Crippen LogP contribution in [0.25, 0.3) is 11.4 Å². The summed E-state index contributed by atoms with van der Waals surface area (Å²) in [7, 11) is 0. The van der Waals surface area contributed by atoms with Crippen molar-refractivity contribution in [1.29, 1.82) is 0 Å². The molecule has 32 heavy (non-hydrogen) atoms. The molecule has 4 heterocycles. The molecule has 166 valence electrons. The molecular weight excluding hydrogens is 410 g/mol. The molecule has 5 rings (SSSR count). The monoisotopic (exact) mass is 435 g/mol. The van der Waals surface area contributed by atoms with E-state index < -0.39 is 0 Å². The van der Waals surface area contributed by atoms with Crippen LogP contribution in [-0.2, 0) is 11.3 Å². The third-order valence-electron chi connectivity index (χ3n) is 5.57. The van der Waals surface area contributed by atoms with Crippen molar-refractivity contribution in [2.24, 2.45) is 10.7 Å². The Morgan fingerprint density at radius 1 is 1.12 bits per heavy atom. The number of aromatic nitrogens is 5. The maximum Gasteiger partial charge on any atom is 0.233 e. The van der Waals surface area contributed by atoms with Crippen molar-refractivity contribution in [1.82, 2.24) is 25.3 Å². The van der Waals surface area contributed by atoms with Crippen LogP contribution >= 0.6 is 0 Å². The van der Waals surface area contributed by atoms with Gasteiger partial charge in [0.1, 0.15) is 35.3 Å². The Balaban J connectivity index is 1.30. The topological polar surface area (TPSA) is 134 Å². The first-order valence-electron chi connectivity index (χ1n) is 10.8. The number of aryl methyl sites for hydroxylation is 1. The summed E-state index contributed by atoms with van der Waals surface area (Å²) < 4.78 is 16.9. The summed E-state index contributed by atoms with van der Waals surface area (Å²) in [5.41, 5.74) is 9.66. The van der Waals surface area contributed by atoms with Crippen LogP contribution in [0.2, 0.25) is 0 Å². The predicted octanol–water partition coefficient (Wildman–Crippen LogP) is 2.57. The number of ether oxygens (including phenoxy) is 2. The Morgan fingerprint density at radius 3 is 2.66 bits per heavy atom. The van der Waals surface area contributed by atoms with Crippen molar-refractivity contribution in [3.05, 3.63) is 47.2 Å². The maximum atomic E-state index is 6.11. The minimum absolute atomic E-state index is 0.166. The van der Waals surface area contributed by atoms with Crippen LogP contribution in [0.3, 0.4) is 0 Å². The van der Waals surface area contributed by atoms with E-state index in [1.54, 1.807) is 24.5 Å². The van der Waals surface area contributed by atoms with Gasteiger partial charge in [0.05, 0.1) is 23.5 Å². The van der Waals surface area contributed by atoms with Crippen molar-refractivity contribution in [2.75, 3.05) is 13.2 Å². The van der Waals surface area contributed by atoms with Crippen molar-refractivity contribution in [2.45, 2.75) is 51.2 Å². The minimum Gasteiger partial charge on any atom is -0.472 e. The fourth-order valence-electron chi connectivity index (χ4n) is 3.60. The third-order valence-corrected chi connectivity index (χ3v) is 5.57. The highest BCUT2D eigenvalue weighted by Crippen LogP contribution is 2.44. The first kappa shape index (κ1) is 20.5. The van der Waals surface area contributed by atoms with Gasteiger partial charge in [-0.1, -0.05) is 5.16 Å². The fraction of sp³-hybridized carbons (Fsp3) is 0.455. The highest BCUT2D eigenvalue weighted by Gasteiger charge is 2.33. The first-order valence-corrected chi connectivity index (χ1v) is 10.8. The van der Waals surface area contributed by atoms with Crippen LogP contribution in [0.4, 0.5) is 0 Å². The molecule has 0 spiro atoms. The molecule has 0 atom stereocenters. The molecule has 10 heteroatoms. The standard InChI is InChI=1S/C22H25N7O3/c1-13-10-25-18(11-24-13)20-16(21(32-29-20)14-2-3-14)12-31-19-5-4-17(27-28-19)22(23)26-15-6-8-30-9-7-15/h4-5,10-11,14-15H,2-3,6-9,12H2,1H3,(H2,23,26). The number of nitrogens with zero attached hydrogens (tertiary/aromatic N) is 6. The molecule has 2 aliphatic rings. The molecule has 10 nitrogen and oxygen atoms in total. The Hall–Kier alpha value is -3.40. The van der Waals surface area contributed by atoms with Gasteiger partial charge in [0.15, 0.2) is 0 Å². The van der Waals surface area contributed by atoms with Crippen molar-refractivity contribution in [3.8, 4) is 17.3 Å². The molecule has 2 N–H and O–H groups in total. The molecule has 3 aromatic heterocycles. The van der Waals surface area contributed by atoms with Gasteiger partial charge in [0.25, 0.3) is 0 Å². The van der Waals surface area contributed by atoms with E-state index in [1.165, 1.54) is 0 Å². The number of aliphatic imine (C=N–C) groups is 1. The molecule has 0 amide bonds. The zero-order valence-corrected chi connectivity index (χ0v) is 17.9. The summed E-state index contributed by atoms with van der Waals surface area (Å²) in [6, 6.07) is 3.67. The van der Waals surface area contributed by atoms with Gasteiger partial charge < -0.3 is 19.7 Å². The van der Waals surface area contributed by atoms with Crippen LogP contribution in [0.1, 0.15) is 54.3 Å². The molecule has 1 saturated heterocycles. The number of amidine groups is 1. The van der Waals surface area contributed by atoms with Crippen LogP contribution < -0.4 is 10.5 Å². The quantitative estimate of drug-likeness (QED) is 0.439. The van der Waals surface area contributed by atoms with E-state index >= 15 is 0 Å². The van der Waals surface area contributed by atoms with E-state index in [0.29, 0.717) is 47.9 Å². The van der Waals surface area contributed by atoms with Crippen molar-refractivity contribution in [3.63, 3.8) is 0 Å². The second kappa shape index (κ2) is 8.99. The summed E-state index contributed by atoms with van der Waals surface area (Å²) in [6.07, 6.45) is 7.31. The first-order chi connectivity index (χ1) is 15.7. The molecule has 0 bridgehead atoms. The average molecular weight is 435 g/mol. The Morgan fingerprint density at radius 2 is 1.97 bits per heavy atom. The van der Waals surface area contributed by atoms with E-state index in [0.717, 1.165) is 42.7 Å². The highest BCUT2D eigenvalue weighted by molar-refractivity contribution is 5.95. The SMILES string of the molecule is Cc1cnc(-c2noc(C3CC3)c2COc2ccc(C(N)=NC3CCOCC3)nn2)cn1. The third kappa shape index (κ3) is 4.59. The Labute approximate surface area is 185 Å². The molecule has 3 aromatic rings. The van der Waals surface area contributed by atoms with E-state index in [9.17, 15) is 0 Å². The van der Waals surface area contributed by atoms with Gasteiger partial charge in [-0.2, -0.15) is 0 Å². The summed E-state index contributed by atoms with van der Waals surface area (Å²) in [6.45, 7) is 3.56. The summed E-state index contributed by atoms with van der Waals surface area (Å²) in [5.74, 6) is 1.99. The van der Waals surface area contributed by atoms with Gasteiger partial charge in [0.2, 0.25) is 5.88 Å². The zero-order chi connectivity index (χ0) is 21.9. The summed E-state index contributed by atoms with van der Waals surface area (Å²) >= 11 is 0. The van der Waals surface area contributed by atoms with Crippen LogP contribution in [0.5, 0.6) is 5.88 Å². The van der Waals surface area contributed by atoms with Gasteiger partial charge in [-0.3, -0.25) is 15.0 Å². The highest BCUT2D eigenvalue weighted by atomic mass is 16.5. The largest absolute Gasteiger partial charge is 0.472 e. The lowest BCUT2D eigenvalue weighted by atomic mass is 10.1. The Kier molecular flexibility index (Phi) is 5.76. The van der Waals surface area contributed by atoms with E-state index in [-0.39, 0.29) is 12.6 Å². The molecule has 0 radical (unpaired) electrons. The molecule has 1 aliphatic heterocycles. The maximum absolute atomic E-state index is 6.11. The second-order valence-corrected chi connectivity index (χ2v) is 8.09. The van der Waals surface area contributed by atoms with Crippen LogP contribution in [0.15, 0.2) is 34.0 Å². The summed E-state index contributed by atoms with van der Waals surface area (Å²) in [5, 5.41) is 12.6. The van der Waals surface area contributed by atoms with Gasteiger partial charge >= 0.3 is 0 Å². The van der Waals surface area contributed by atoms with Crippen LogP contribution in [0, 0.1) is 6.92 Å². The number of rotatable bonds is 7. The van der Waals surface area contributed by atoms with Gasteiger partial charge in [-0.05, 0) is 38.7 Å². The van der Waals surface area contributed by atoms with Crippen molar-refractivity contribution >= 4 is 5.84 Å². The van der Waals surface area contributed by atoms with Gasteiger partial charge in [-0.25, -0.2) is 0 Å². The van der Waals surface area contributed by atoms with Crippen molar-refractivity contribution < 1.29 is 14.0 Å². The van der Waals surface area contributed by atoms with Gasteiger partial charge in [-0.15, -0.1) is 10.2 Å². The molecule has 1 saturated carbocycles. The Bertz CT molecular complexity index is 1090. The number of nitrogens with two attached hydrogens (primary N) is 1. The molecular formula is C22H25N7O3. The predicted molar refractivity (Wildman–Crippen MR) is 115 cm³/mol. The van der Waals surface area contributed by atoms with Crippen LogP contribution in [-0.4, -0.2) is 50.4 Å². The lowest BCUT2D eigenvalue weighted by molar-refractivity contribution is 0.0871. The molecule has 0 unspecified atom stereocenters. The number of hydrogen-bond acceptors (Lipinski definition) is 9. The second-order valence-electron chi connectivity index (χ2n) is 8.09. The molecule has 0 aromatic carbocycles. The lowest BCUT2D eigenvalue weighted by Crippen LogP contribution is -2.24. The average Bonchev–Trinajstić information content (AvgIpc) is 3.58. The smallest absolute Gasteiger partial charge is 0.233 e. The van der Waals surface area contributed by atoms with E-state index in [4.69, 9.17) is 19.7 Å². The van der Waals surface area contributed by atoms with E-state index in [1.807, 2.05) is 6.92 Å².